The lowest BCUT2D eigenvalue weighted by molar-refractivity contribution is -0.132. The highest BCUT2D eigenvalue weighted by Crippen LogP contribution is 2.45. The lowest BCUT2D eigenvalue weighted by atomic mass is 9.85. The van der Waals surface area contributed by atoms with E-state index in [1.54, 1.807) is 18.2 Å². The molecule has 39 heavy (non-hydrogen) atoms. The van der Waals surface area contributed by atoms with Crippen molar-refractivity contribution in [1.29, 1.82) is 0 Å². The number of anilines is 1. The number of nitrogens with zero attached hydrogens (tertiary/aromatic N) is 2. The van der Waals surface area contributed by atoms with E-state index in [0.29, 0.717) is 27.8 Å². The first-order valence-corrected chi connectivity index (χ1v) is 13.6. The summed E-state index contributed by atoms with van der Waals surface area (Å²) in [5.74, 6) is -1.51. The van der Waals surface area contributed by atoms with Crippen LogP contribution < -0.4 is 9.64 Å². The number of thiazole rings is 1. The van der Waals surface area contributed by atoms with Crippen molar-refractivity contribution < 1.29 is 23.8 Å². The highest BCUT2D eigenvalue weighted by Gasteiger charge is 2.48. The fourth-order valence-corrected chi connectivity index (χ4v) is 6.24. The molecule has 1 N–H and O–H groups in total. The molecule has 2 aliphatic heterocycles. The molecule has 0 saturated carbocycles. The molecule has 6 nitrogen and oxygen atoms in total. The average Bonchev–Trinajstić information content (AvgIpc) is 3.55. The number of aliphatic hydroxyl groups is 1. The van der Waals surface area contributed by atoms with Gasteiger partial charge in [0.2, 0.25) is 0 Å². The van der Waals surface area contributed by atoms with E-state index in [1.165, 1.54) is 17.0 Å². The van der Waals surface area contributed by atoms with Gasteiger partial charge in [-0.05, 0) is 65.4 Å². The molecule has 2 atom stereocenters. The number of hydrogen-bond acceptors (Lipinski definition) is 6. The van der Waals surface area contributed by atoms with Gasteiger partial charge in [0.1, 0.15) is 23.4 Å². The largest absolute Gasteiger partial charge is 0.507 e. The zero-order valence-electron chi connectivity index (χ0n) is 22.0. The highest BCUT2D eigenvalue weighted by molar-refractivity contribution is 7.22. The number of halogens is 1. The van der Waals surface area contributed by atoms with Crippen LogP contribution in [0.5, 0.6) is 5.75 Å². The molecule has 0 spiro atoms. The molecule has 8 heteroatoms. The van der Waals surface area contributed by atoms with Crippen molar-refractivity contribution in [1.82, 2.24) is 4.98 Å². The van der Waals surface area contributed by atoms with Gasteiger partial charge in [0.25, 0.3) is 5.78 Å². The van der Waals surface area contributed by atoms with Gasteiger partial charge >= 0.3 is 5.91 Å². The number of fused-ring (bicyclic) bond motifs is 2. The van der Waals surface area contributed by atoms with Crippen LogP contribution in [-0.4, -0.2) is 27.9 Å². The summed E-state index contributed by atoms with van der Waals surface area (Å²) in [6, 6.07) is 16.3. The van der Waals surface area contributed by atoms with E-state index in [-0.39, 0.29) is 28.0 Å². The molecular formula is C31H27FN2O4S. The van der Waals surface area contributed by atoms with Crippen LogP contribution in [0.25, 0.3) is 16.0 Å². The molecular weight excluding hydrogens is 515 g/mol. The molecule has 0 aliphatic carbocycles. The van der Waals surface area contributed by atoms with Crippen molar-refractivity contribution in [2.75, 3.05) is 4.90 Å². The third kappa shape index (κ3) is 4.29. The summed E-state index contributed by atoms with van der Waals surface area (Å²) in [7, 11) is 0. The van der Waals surface area contributed by atoms with Crippen LogP contribution in [0.15, 0.2) is 66.2 Å². The molecule has 198 valence electrons. The summed E-state index contributed by atoms with van der Waals surface area (Å²) in [5, 5.41) is 11.8. The van der Waals surface area contributed by atoms with Gasteiger partial charge in [-0.2, -0.15) is 0 Å². The van der Waals surface area contributed by atoms with Crippen LogP contribution in [0.3, 0.4) is 0 Å². The smallest absolute Gasteiger partial charge is 0.301 e. The van der Waals surface area contributed by atoms with Crippen molar-refractivity contribution in [2.24, 2.45) is 0 Å². The number of hydrogen-bond donors (Lipinski definition) is 1. The van der Waals surface area contributed by atoms with Crippen molar-refractivity contribution in [3.8, 4) is 5.75 Å². The molecule has 0 unspecified atom stereocenters. The standard InChI is InChI=1S/C31H27FN2O4S/c1-16-13-19-14-18(7-12-23(19)38-16)27(35)25-26(17-5-8-20(9-6-17)31(2,3)4)34(29(37)28(25)36)30-33-22-11-10-21(32)15-24(22)39-30/h5-12,14-16,26,35H,13H2,1-4H3/b27-25+/t16-,26+/m0/s1. The molecule has 0 radical (unpaired) electrons. The lowest BCUT2D eigenvalue weighted by Gasteiger charge is -2.24. The van der Waals surface area contributed by atoms with E-state index in [9.17, 15) is 19.1 Å². The second-order valence-electron chi connectivity index (χ2n) is 11.1. The molecule has 1 fully saturated rings. The predicted molar refractivity (Wildman–Crippen MR) is 150 cm³/mol. The second-order valence-corrected chi connectivity index (χ2v) is 12.1. The molecule has 1 saturated heterocycles. The number of carbonyl (C=O) groups excluding carboxylic acids is 2. The van der Waals surface area contributed by atoms with Crippen molar-refractivity contribution >= 4 is 44.1 Å². The van der Waals surface area contributed by atoms with Crippen LogP contribution in [-0.2, 0) is 21.4 Å². The molecule has 1 amide bonds. The highest BCUT2D eigenvalue weighted by atomic mass is 32.1. The van der Waals surface area contributed by atoms with Gasteiger partial charge in [-0.3, -0.25) is 14.5 Å². The number of ether oxygens (including phenoxy) is 1. The first kappa shape index (κ1) is 25.2. The van der Waals surface area contributed by atoms with E-state index in [0.717, 1.165) is 28.2 Å². The Hall–Kier alpha value is -4.04. The maximum Gasteiger partial charge on any atom is 0.301 e. The van der Waals surface area contributed by atoms with E-state index in [4.69, 9.17) is 4.74 Å². The van der Waals surface area contributed by atoms with Crippen LogP contribution in [0.4, 0.5) is 9.52 Å². The van der Waals surface area contributed by atoms with Gasteiger partial charge in [0, 0.05) is 12.0 Å². The minimum atomic E-state index is -0.909. The van der Waals surface area contributed by atoms with Crippen molar-refractivity contribution in [2.45, 2.75) is 51.7 Å². The maximum atomic E-state index is 13.9. The topological polar surface area (TPSA) is 79.7 Å². The summed E-state index contributed by atoms with van der Waals surface area (Å²) in [5.41, 5.74) is 3.53. The van der Waals surface area contributed by atoms with Gasteiger partial charge in [0.05, 0.1) is 21.8 Å². The summed E-state index contributed by atoms with van der Waals surface area (Å²) in [6.45, 7) is 8.28. The Morgan fingerprint density at radius 1 is 1.08 bits per heavy atom. The van der Waals surface area contributed by atoms with Gasteiger partial charge < -0.3 is 9.84 Å². The summed E-state index contributed by atoms with van der Waals surface area (Å²) < 4.78 is 20.2. The number of aliphatic hydroxyl groups excluding tert-OH is 1. The number of aromatic nitrogens is 1. The monoisotopic (exact) mass is 542 g/mol. The lowest BCUT2D eigenvalue weighted by Crippen LogP contribution is -2.29. The Morgan fingerprint density at radius 2 is 1.82 bits per heavy atom. The fourth-order valence-electron chi connectivity index (χ4n) is 5.22. The van der Waals surface area contributed by atoms with Gasteiger partial charge in [0.15, 0.2) is 5.13 Å². The molecule has 3 aromatic carbocycles. The Kier molecular flexibility index (Phi) is 5.84. The fraction of sp³-hybridized carbons (Fsp3) is 0.258. The molecule has 0 bridgehead atoms. The zero-order chi connectivity index (χ0) is 27.6. The summed E-state index contributed by atoms with van der Waals surface area (Å²) >= 11 is 1.13. The Morgan fingerprint density at radius 3 is 2.54 bits per heavy atom. The molecule has 2 aliphatic rings. The minimum Gasteiger partial charge on any atom is -0.507 e. The number of carbonyl (C=O) groups is 2. The van der Waals surface area contributed by atoms with E-state index < -0.39 is 23.5 Å². The van der Waals surface area contributed by atoms with Gasteiger partial charge in [-0.15, -0.1) is 0 Å². The molecule has 3 heterocycles. The van der Waals surface area contributed by atoms with Crippen LogP contribution in [0, 0.1) is 5.82 Å². The number of benzene rings is 3. The first-order valence-electron chi connectivity index (χ1n) is 12.8. The van der Waals surface area contributed by atoms with Crippen LogP contribution >= 0.6 is 11.3 Å². The molecule has 1 aromatic heterocycles. The van der Waals surface area contributed by atoms with Crippen molar-refractivity contribution in [3.63, 3.8) is 0 Å². The average molecular weight is 543 g/mol. The SMILES string of the molecule is C[C@H]1Cc2cc(/C(O)=C3\C(=O)C(=O)N(c4nc5ccc(F)cc5s4)[C@@H]3c3ccc(C(C)(C)C)cc3)ccc2O1. The van der Waals surface area contributed by atoms with Crippen molar-refractivity contribution in [3.05, 3.63) is 94.3 Å². The Balaban J connectivity index is 1.53. The Bertz CT molecular complexity index is 1680. The van der Waals surface area contributed by atoms with E-state index in [2.05, 4.69) is 25.8 Å². The first-order chi connectivity index (χ1) is 18.5. The molecule has 4 aromatic rings. The van der Waals surface area contributed by atoms with Gasteiger partial charge in [-0.1, -0.05) is 56.4 Å². The second kappa shape index (κ2) is 9.02. The Labute approximate surface area is 229 Å². The number of rotatable bonds is 3. The number of amides is 1. The number of ketones is 1. The van der Waals surface area contributed by atoms with E-state index >= 15 is 0 Å². The van der Waals surface area contributed by atoms with Crippen LogP contribution in [0.2, 0.25) is 0 Å². The third-order valence-electron chi connectivity index (χ3n) is 7.25. The van der Waals surface area contributed by atoms with Gasteiger partial charge in [-0.25, -0.2) is 9.37 Å². The van der Waals surface area contributed by atoms with E-state index in [1.807, 2.05) is 37.3 Å². The normalized spacial score (nSPS) is 20.5. The zero-order valence-corrected chi connectivity index (χ0v) is 22.8. The third-order valence-corrected chi connectivity index (χ3v) is 8.27. The number of Topliss-reactive ketones (excluding diaryl/α,β-unsaturated/α-hetero) is 1. The minimum absolute atomic E-state index is 0.0131. The molecule has 6 rings (SSSR count). The quantitative estimate of drug-likeness (QED) is 0.177. The predicted octanol–water partition coefficient (Wildman–Crippen LogP) is 6.68. The summed E-state index contributed by atoms with van der Waals surface area (Å²) in [6.07, 6.45) is 0.707. The maximum absolute atomic E-state index is 13.9. The van der Waals surface area contributed by atoms with Crippen LogP contribution in [0.1, 0.15) is 56.0 Å². The summed E-state index contributed by atoms with van der Waals surface area (Å²) in [4.78, 5) is 33.0.